The lowest BCUT2D eigenvalue weighted by Crippen LogP contribution is -2.60. The number of unbranched alkanes of at least 4 members (excludes halogenated alkanes) is 1. The number of hydrogen-bond donors (Lipinski definition) is 5. The molecule has 4 fully saturated rings. The molecule has 4 amide bonds. The number of benzene rings is 1. The predicted molar refractivity (Wildman–Crippen MR) is 265 cm³/mol. The van der Waals surface area contributed by atoms with Gasteiger partial charge in [0.1, 0.15) is 18.4 Å². The van der Waals surface area contributed by atoms with Crippen LogP contribution >= 0.6 is 0 Å². The Morgan fingerprint density at radius 3 is 2.18 bits per heavy atom. The number of ether oxygens (including phenoxy) is 2. The number of aromatic nitrogens is 3. The summed E-state index contributed by atoms with van der Waals surface area (Å²) in [6.45, 7) is 8.05. The lowest BCUT2D eigenvalue weighted by molar-refractivity contribution is -0.137. The van der Waals surface area contributed by atoms with Gasteiger partial charge in [-0.05, 0) is 128 Å². The molecule has 2 aliphatic heterocycles. The Morgan fingerprint density at radius 1 is 0.861 bits per heavy atom. The molecule has 0 radical (unpaired) electrons. The number of hydrogen-bond acceptors (Lipinski definition) is 13. The molecule has 0 spiro atoms. The van der Waals surface area contributed by atoms with Crippen LogP contribution in [0.1, 0.15) is 114 Å². The first kappa shape index (κ1) is 54.7. The van der Waals surface area contributed by atoms with Crippen molar-refractivity contribution in [3.8, 4) is 0 Å². The molecule has 2 aromatic heterocycles. The van der Waals surface area contributed by atoms with E-state index < -0.39 is 29.9 Å². The van der Waals surface area contributed by atoms with Crippen LogP contribution < -0.4 is 21.3 Å². The highest BCUT2D eigenvalue weighted by Gasteiger charge is 2.45. The van der Waals surface area contributed by atoms with E-state index in [2.05, 4.69) is 62.0 Å². The van der Waals surface area contributed by atoms with Gasteiger partial charge >= 0.3 is 6.18 Å². The second-order valence-corrected chi connectivity index (χ2v) is 20.4. The van der Waals surface area contributed by atoms with Crippen LogP contribution in [0.4, 0.5) is 19.0 Å². The second kappa shape index (κ2) is 25.8. The van der Waals surface area contributed by atoms with Gasteiger partial charge in [-0.2, -0.15) is 13.2 Å². The van der Waals surface area contributed by atoms with Crippen molar-refractivity contribution in [3.05, 3.63) is 60.2 Å². The van der Waals surface area contributed by atoms with Crippen LogP contribution in [0, 0.1) is 17.8 Å². The zero-order valence-electron chi connectivity index (χ0n) is 42.2. The number of fused-ring (bicyclic) bond motifs is 1. The van der Waals surface area contributed by atoms with Gasteiger partial charge in [-0.15, -0.1) is 0 Å². The van der Waals surface area contributed by atoms with Gasteiger partial charge in [0.05, 0.1) is 29.1 Å². The molecule has 1 unspecified atom stereocenters. The van der Waals surface area contributed by atoms with Crippen LogP contribution in [-0.2, 0) is 34.8 Å². The largest absolute Gasteiger partial charge is 0.416 e. The standard InChI is InChI=1S/C52H75F3N10O7/c1-33(2)63(3)38-16-18-44(65-23-19-42(51(65)70)61-47-39-28-37(52(53,54)55)15-17-41(39)59-32-60-47)43(29-38)62-49(68)35-13-11-34(12-14-35)48(67)57-21-8-26-71-24-5-6-25-72-27-9-22-58-50(69)40-30-45(66)64(4)46(40)36-10-7-20-56-31-36/h7,10,15,17,20,28,31-35,38,40,42-44,46,51,70H,5-6,8-9,11-14,16,18-19,21-27,29-30H2,1-4H3,(H,57,67)(H,58,69)(H,62,68)(H,59,60,61)/t34-,35-,38-,40+,42+,43-,44+,46-,51?/m1/s1. The summed E-state index contributed by atoms with van der Waals surface area (Å²) in [5.41, 5.74) is 0.412. The molecule has 20 heteroatoms. The number of pyridine rings is 1. The zero-order chi connectivity index (χ0) is 51.4. The van der Waals surface area contributed by atoms with Gasteiger partial charge in [-0.1, -0.05) is 6.07 Å². The Kier molecular flexibility index (Phi) is 19.6. The number of anilines is 1. The molecule has 72 heavy (non-hydrogen) atoms. The van der Waals surface area contributed by atoms with Crippen LogP contribution in [0.15, 0.2) is 49.1 Å². The molecule has 7 atom stereocenters. The van der Waals surface area contributed by atoms with Crippen molar-refractivity contribution in [1.82, 2.24) is 45.6 Å². The molecule has 4 heterocycles. The monoisotopic (exact) mass is 1010 g/mol. The highest BCUT2D eigenvalue weighted by Crippen LogP contribution is 2.38. The topological polar surface area (TPSA) is 203 Å². The lowest BCUT2D eigenvalue weighted by atomic mass is 9.80. The summed E-state index contributed by atoms with van der Waals surface area (Å²) < 4.78 is 52.4. The van der Waals surface area contributed by atoms with Gasteiger partial charge in [0.25, 0.3) is 0 Å². The third kappa shape index (κ3) is 14.2. The number of carbonyl (C=O) groups is 4. The lowest BCUT2D eigenvalue weighted by Gasteiger charge is -2.46. The van der Waals surface area contributed by atoms with Crippen LogP contribution in [0.2, 0.25) is 0 Å². The van der Waals surface area contributed by atoms with Gasteiger partial charge in [0.2, 0.25) is 23.6 Å². The first-order chi connectivity index (χ1) is 34.6. The van der Waals surface area contributed by atoms with Crippen LogP contribution in [0.5, 0.6) is 0 Å². The Labute approximate surface area is 421 Å². The van der Waals surface area contributed by atoms with Crippen LogP contribution in [-0.4, -0.2) is 155 Å². The number of carbonyl (C=O) groups excluding carboxylic acids is 4. The Balaban J connectivity index is 0.762. The summed E-state index contributed by atoms with van der Waals surface area (Å²) in [4.78, 5) is 71.0. The summed E-state index contributed by atoms with van der Waals surface area (Å²) in [5, 5.41) is 24.6. The van der Waals surface area contributed by atoms with Crippen molar-refractivity contribution >= 4 is 40.3 Å². The van der Waals surface area contributed by atoms with Crippen molar-refractivity contribution in [2.24, 2.45) is 17.8 Å². The Morgan fingerprint density at radius 2 is 1.53 bits per heavy atom. The summed E-state index contributed by atoms with van der Waals surface area (Å²) >= 11 is 0. The minimum atomic E-state index is -4.53. The number of aliphatic hydroxyl groups is 1. The molecule has 396 valence electrons. The van der Waals surface area contributed by atoms with E-state index in [9.17, 15) is 37.5 Å². The molecule has 3 aromatic rings. The number of nitrogens with zero attached hydrogens (tertiary/aromatic N) is 6. The normalized spacial score (nSPS) is 26.1. The fourth-order valence-corrected chi connectivity index (χ4v) is 11.0. The van der Waals surface area contributed by atoms with Crippen molar-refractivity contribution in [2.75, 3.05) is 65.5 Å². The maximum atomic E-state index is 14.0. The van der Waals surface area contributed by atoms with Crippen molar-refractivity contribution < 1.29 is 46.9 Å². The molecule has 17 nitrogen and oxygen atoms in total. The Hall–Kier alpha value is -5.02. The summed E-state index contributed by atoms with van der Waals surface area (Å²) in [6, 6.07) is 6.39. The first-order valence-corrected chi connectivity index (χ1v) is 26.0. The van der Waals surface area contributed by atoms with E-state index in [0.717, 1.165) is 43.4 Å². The van der Waals surface area contributed by atoms with E-state index in [4.69, 9.17) is 9.47 Å². The number of amides is 4. The summed E-state index contributed by atoms with van der Waals surface area (Å²) in [7, 11) is 3.83. The van der Waals surface area contributed by atoms with E-state index >= 15 is 0 Å². The number of aliphatic hydroxyl groups excluding tert-OH is 1. The number of alkyl halides is 3. The van der Waals surface area contributed by atoms with Gasteiger partial charge in [0.15, 0.2) is 0 Å². The van der Waals surface area contributed by atoms with Crippen molar-refractivity contribution in [2.45, 2.75) is 146 Å². The molecular weight excluding hydrogens is 934 g/mol. The first-order valence-electron chi connectivity index (χ1n) is 26.0. The smallest absolute Gasteiger partial charge is 0.381 e. The fourth-order valence-electron chi connectivity index (χ4n) is 11.0. The second-order valence-electron chi connectivity index (χ2n) is 20.4. The summed E-state index contributed by atoms with van der Waals surface area (Å²) in [5.74, 6) is -0.813. The highest BCUT2D eigenvalue weighted by atomic mass is 19.4. The van der Waals surface area contributed by atoms with Crippen LogP contribution in [0.25, 0.3) is 10.9 Å². The SMILES string of the molecule is CC(C)N(C)[C@@H]1CC[C@H](N2CC[C@H](Nc3ncnc4ccc(C(F)(F)F)cc34)C2O)[C@H](NC(=O)[C@H]2CC[C@H](C(=O)NCCCOCCCCOCCCNC(=O)[C@H]3CC(=O)N(C)[C@@H]3c3cccnc3)CC2)C1. The zero-order valence-corrected chi connectivity index (χ0v) is 42.2. The van der Waals surface area contributed by atoms with Gasteiger partial charge in [-0.3, -0.25) is 29.1 Å². The maximum absolute atomic E-state index is 14.0. The molecule has 5 N–H and O–H groups in total. The quantitative estimate of drug-likeness (QED) is 0.0752. The molecule has 2 saturated heterocycles. The van der Waals surface area contributed by atoms with E-state index in [1.54, 1.807) is 24.3 Å². The molecule has 2 saturated carbocycles. The average Bonchev–Trinajstić information content (AvgIpc) is 3.89. The van der Waals surface area contributed by atoms with E-state index in [1.165, 1.54) is 12.4 Å². The molecule has 1 aromatic carbocycles. The van der Waals surface area contributed by atoms with Crippen molar-refractivity contribution in [3.63, 3.8) is 0 Å². The Bertz CT molecular complexity index is 2250. The molecular formula is C52H75F3N10O7. The molecule has 7 rings (SSSR count). The third-order valence-electron chi connectivity index (χ3n) is 15.4. The minimum Gasteiger partial charge on any atom is -0.381 e. The van der Waals surface area contributed by atoms with Gasteiger partial charge < -0.3 is 45.6 Å². The predicted octanol–water partition coefficient (Wildman–Crippen LogP) is 5.45. The number of rotatable bonds is 23. The third-order valence-corrected chi connectivity index (χ3v) is 15.4. The molecule has 0 bridgehead atoms. The summed E-state index contributed by atoms with van der Waals surface area (Å²) in [6.07, 6.45) is 7.75. The number of halogens is 3. The highest BCUT2D eigenvalue weighted by molar-refractivity contribution is 5.91. The molecule has 4 aliphatic rings. The maximum Gasteiger partial charge on any atom is 0.416 e. The van der Waals surface area contributed by atoms with Crippen LogP contribution in [0.3, 0.4) is 0 Å². The van der Waals surface area contributed by atoms with E-state index in [1.807, 2.05) is 17.0 Å². The van der Waals surface area contributed by atoms with Crippen molar-refractivity contribution in [1.29, 1.82) is 0 Å². The fraction of sp³-hybridized carbons (Fsp3) is 0.673. The van der Waals surface area contributed by atoms with E-state index in [-0.39, 0.29) is 77.3 Å². The van der Waals surface area contributed by atoms with Gasteiger partial charge in [-0.25, -0.2) is 9.97 Å². The minimum absolute atomic E-state index is 0.00888. The average molecular weight is 1010 g/mol. The number of nitrogens with one attached hydrogen (secondary N) is 4. The molecule has 2 aliphatic carbocycles. The van der Waals surface area contributed by atoms with Gasteiger partial charge in [0, 0.05) is 113 Å². The number of likely N-dealkylation sites (tertiary alicyclic amines) is 2. The van der Waals surface area contributed by atoms with E-state index in [0.29, 0.717) is 109 Å².